The van der Waals surface area contributed by atoms with E-state index in [1.807, 2.05) is 6.07 Å². The maximum Gasteiger partial charge on any atom is 0.216 e. The monoisotopic (exact) mass is 342 g/mol. The molecule has 9 heteroatoms. The van der Waals surface area contributed by atoms with Gasteiger partial charge in [0.05, 0.1) is 5.69 Å². The zero-order valence-electron chi connectivity index (χ0n) is 13.9. The van der Waals surface area contributed by atoms with E-state index in [4.69, 9.17) is 5.26 Å². The molecule has 2 heterocycles. The van der Waals surface area contributed by atoms with Crippen LogP contribution in [0.4, 0.5) is 15.8 Å². The highest BCUT2D eigenvalue weighted by molar-refractivity contribution is 5.74. The molecular weight excluding hydrogens is 323 g/mol. The molecule has 1 aromatic carbocycles. The van der Waals surface area contributed by atoms with Gasteiger partial charge in [0.25, 0.3) is 0 Å². The van der Waals surface area contributed by atoms with Crippen molar-refractivity contribution in [1.29, 1.82) is 5.26 Å². The molecule has 1 aliphatic rings. The molecule has 1 fully saturated rings. The number of aromatic amines is 1. The number of piperazine rings is 1. The lowest BCUT2D eigenvalue weighted by molar-refractivity contribution is 0.270. The molecule has 2 aromatic rings. The van der Waals surface area contributed by atoms with E-state index < -0.39 is 0 Å². The second kappa shape index (κ2) is 7.72. The molecule has 1 aromatic heterocycles. The van der Waals surface area contributed by atoms with E-state index in [9.17, 15) is 4.39 Å². The van der Waals surface area contributed by atoms with Crippen LogP contribution in [0.25, 0.3) is 5.57 Å². The van der Waals surface area contributed by atoms with E-state index in [1.165, 1.54) is 12.3 Å². The van der Waals surface area contributed by atoms with Gasteiger partial charge in [-0.1, -0.05) is 6.92 Å². The lowest BCUT2D eigenvalue weighted by Crippen LogP contribution is -2.46. The van der Waals surface area contributed by atoms with E-state index in [0.29, 0.717) is 11.4 Å². The van der Waals surface area contributed by atoms with Crippen LogP contribution in [-0.2, 0) is 0 Å². The first-order chi connectivity index (χ1) is 12.2. The Hall–Kier alpha value is -2.99. The van der Waals surface area contributed by atoms with Crippen LogP contribution in [0, 0.1) is 17.1 Å². The van der Waals surface area contributed by atoms with Crippen molar-refractivity contribution in [2.75, 3.05) is 42.9 Å². The van der Waals surface area contributed by atoms with Gasteiger partial charge in [-0.05, 0) is 30.0 Å². The summed E-state index contributed by atoms with van der Waals surface area (Å²) in [5, 5.41) is 25.2. The molecular formula is C16H19FN8. The number of nitrogens with one attached hydrogen (secondary N) is 2. The van der Waals surface area contributed by atoms with Crippen molar-refractivity contribution in [2.24, 2.45) is 0 Å². The lowest BCUT2D eigenvalue weighted by Gasteiger charge is -2.35. The van der Waals surface area contributed by atoms with Gasteiger partial charge in [0.2, 0.25) is 5.82 Å². The van der Waals surface area contributed by atoms with Crippen LogP contribution in [-0.4, -0.2) is 58.2 Å². The molecule has 2 N–H and O–H groups in total. The van der Waals surface area contributed by atoms with Crippen molar-refractivity contribution < 1.29 is 4.39 Å². The molecule has 0 unspecified atom stereocenters. The van der Waals surface area contributed by atoms with E-state index in [1.54, 1.807) is 12.1 Å². The number of likely N-dealkylation sites (N-methyl/N-ethyl adjacent to an activating group) is 1. The van der Waals surface area contributed by atoms with Gasteiger partial charge >= 0.3 is 0 Å². The summed E-state index contributed by atoms with van der Waals surface area (Å²) in [7, 11) is 0. The Morgan fingerprint density at radius 2 is 2.20 bits per heavy atom. The number of benzene rings is 1. The first kappa shape index (κ1) is 16.9. The van der Waals surface area contributed by atoms with Crippen LogP contribution in [0.15, 0.2) is 24.4 Å². The number of nitriles is 1. The average molecular weight is 342 g/mol. The number of allylic oxidation sites excluding steroid dienone is 1. The normalized spacial score (nSPS) is 15.9. The SMILES string of the molecule is CCN1CCN(c2ccc(NC=C(C#N)c3nn[nH]n3)cc2F)CC1. The number of halogens is 1. The summed E-state index contributed by atoms with van der Waals surface area (Å²) in [4.78, 5) is 4.40. The molecule has 0 aliphatic carbocycles. The number of aromatic nitrogens is 4. The highest BCUT2D eigenvalue weighted by Gasteiger charge is 2.18. The fourth-order valence-electron chi connectivity index (χ4n) is 2.74. The highest BCUT2D eigenvalue weighted by atomic mass is 19.1. The molecule has 130 valence electrons. The molecule has 0 radical (unpaired) electrons. The quantitative estimate of drug-likeness (QED) is 0.794. The summed E-state index contributed by atoms with van der Waals surface area (Å²) in [6.07, 6.45) is 1.43. The maximum absolute atomic E-state index is 14.5. The minimum Gasteiger partial charge on any atom is -0.367 e. The van der Waals surface area contributed by atoms with Crippen molar-refractivity contribution in [3.05, 3.63) is 36.0 Å². The van der Waals surface area contributed by atoms with Crippen molar-refractivity contribution in [3.8, 4) is 6.07 Å². The number of H-pyrrole nitrogens is 1. The van der Waals surface area contributed by atoms with E-state index in [0.717, 1.165) is 32.7 Å². The third-order valence-corrected chi connectivity index (χ3v) is 4.20. The van der Waals surface area contributed by atoms with E-state index in [-0.39, 0.29) is 17.2 Å². The average Bonchev–Trinajstić information content (AvgIpc) is 3.17. The Morgan fingerprint density at radius 1 is 1.40 bits per heavy atom. The van der Waals surface area contributed by atoms with Gasteiger partial charge in [-0.2, -0.15) is 10.5 Å². The Morgan fingerprint density at radius 3 is 2.80 bits per heavy atom. The number of nitrogens with zero attached hydrogens (tertiary/aromatic N) is 6. The first-order valence-electron chi connectivity index (χ1n) is 8.08. The van der Waals surface area contributed by atoms with Crippen molar-refractivity contribution in [1.82, 2.24) is 25.5 Å². The number of hydrogen-bond acceptors (Lipinski definition) is 7. The predicted molar refractivity (Wildman–Crippen MR) is 92.1 cm³/mol. The topological polar surface area (TPSA) is 96.8 Å². The Bertz CT molecular complexity index is 772. The van der Waals surface area contributed by atoms with Crippen LogP contribution >= 0.6 is 0 Å². The summed E-state index contributed by atoms with van der Waals surface area (Å²) in [6, 6.07) is 6.93. The van der Waals surface area contributed by atoms with Crippen LogP contribution in [0.1, 0.15) is 12.7 Å². The van der Waals surface area contributed by atoms with E-state index >= 15 is 0 Å². The molecule has 0 spiro atoms. The summed E-state index contributed by atoms with van der Waals surface area (Å²) >= 11 is 0. The Labute approximate surface area is 144 Å². The Kier molecular flexibility index (Phi) is 5.20. The smallest absolute Gasteiger partial charge is 0.216 e. The fraction of sp³-hybridized carbons (Fsp3) is 0.375. The lowest BCUT2D eigenvalue weighted by atomic mass is 10.2. The fourth-order valence-corrected chi connectivity index (χ4v) is 2.74. The molecule has 0 atom stereocenters. The largest absolute Gasteiger partial charge is 0.367 e. The minimum absolute atomic E-state index is 0.181. The second-order valence-corrected chi connectivity index (χ2v) is 5.64. The molecule has 0 bridgehead atoms. The van der Waals surface area contributed by atoms with Crippen LogP contribution in [0.2, 0.25) is 0 Å². The van der Waals surface area contributed by atoms with Crippen molar-refractivity contribution in [3.63, 3.8) is 0 Å². The predicted octanol–water partition coefficient (Wildman–Crippen LogP) is 1.46. The standard InChI is InChI=1S/C16H19FN8/c1-2-24-5-7-25(8-6-24)15-4-3-13(9-14(15)17)19-11-12(10-18)16-20-22-23-21-16/h3-4,9,11,19H,2,5-8H2,1H3,(H,20,21,22,23). The molecule has 25 heavy (non-hydrogen) atoms. The molecule has 1 saturated heterocycles. The molecule has 1 aliphatic heterocycles. The number of rotatable bonds is 5. The zero-order chi connectivity index (χ0) is 17.6. The molecule has 8 nitrogen and oxygen atoms in total. The van der Waals surface area contributed by atoms with Gasteiger partial charge in [-0.15, -0.1) is 10.2 Å². The molecule has 3 rings (SSSR count). The highest BCUT2D eigenvalue weighted by Crippen LogP contribution is 2.24. The summed E-state index contributed by atoms with van der Waals surface area (Å²) in [5.41, 5.74) is 1.35. The van der Waals surface area contributed by atoms with Crippen LogP contribution < -0.4 is 10.2 Å². The first-order valence-corrected chi connectivity index (χ1v) is 8.08. The molecule has 0 saturated carbocycles. The third kappa shape index (κ3) is 3.92. The zero-order valence-corrected chi connectivity index (χ0v) is 13.9. The summed E-state index contributed by atoms with van der Waals surface area (Å²) in [6.45, 7) is 6.66. The maximum atomic E-state index is 14.5. The van der Waals surface area contributed by atoms with Gasteiger partial charge in [0.15, 0.2) is 0 Å². The van der Waals surface area contributed by atoms with Crippen molar-refractivity contribution in [2.45, 2.75) is 6.92 Å². The number of hydrogen-bond donors (Lipinski definition) is 2. The van der Waals surface area contributed by atoms with Crippen LogP contribution in [0.3, 0.4) is 0 Å². The van der Waals surface area contributed by atoms with Gasteiger partial charge in [-0.25, -0.2) is 4.39 Å². The van der Waals surface area contributed by atoms with Gasteiger partial charge in [0, 0.05) is 38.1 Å². The van der Waals surface area contributed by atoms with Crippen molar-refractivity contribution >= 4 is 16.9 Å². The number of anilines is 2. The van der Waals surface area contributed by atoms with Crippen LogP contribution in [0.5, 0.6) is 0 Å². The number of tetrazole rings is 1. The summed E-state index contributed by atoms with van der Waals surface area (Å²) < 4.78 is 14.5. The van der Waals surface area contributed by atoms with Gasteiger partial charge in [-0.3, -0.25) is 0 Å². The summed E-state index contributed by atoms with van der Waals surface area (Å²) in [5.74, 6) is -0.109. The van der Waals surface area contributed by atoms with Gasteiger partial charge < -0.3 is 15.1 Å². The molecule has 0 amide bonds. The third-order valence-electron chi connectivity index (χ3n) is 4.20. The van der Waals surface area contributed by atoms with Gasteiger partial charge in [0.1, 0.15) is 17.5 Å². The van der Waals surface area contributed by atoms with E-state index in [2.05, 4.69) is 42.7 Å². The minimum atomic E-state index is -0.290. The second-order valence-electron chi connectivity index (χ2n) is 5.64. The Balaban J connectivity index is 1.69.